The van der Waals surface area contributed by atoms with Crippen LogP contribution in [0.25, 0.3) is 10.9 Å². The van der Waals surface area contributed by atoms with E-state index >= 15 is 0 Å². The number of ether oxygens (including phenoxy) is 2. The Morgan fingerprint density at radius 1 is 0.963 bits per heavy atom. The molecule has 1 aliphatic rings. The second kappa shape index (κ2) is 20.9. The topological polar surface area (TPSA) is 133 Å². The van der Waals surface area contributed by atoms with Crippen LogP contribution in [0, 0.1) is 23.7 Å². The number of aromatic nitrogens is 1. The molecule has 0 radical (unpaired) electrons. The minimum Gasteiger partial charge on any atom is -0.379 e. The fourth-order valence-electron chi connectivity index (χ4n) is 8.17. The number of carbonyl (C=O) groups is 4. The van der Waals surface area contributed by atoms with Gasteiger partial charge in [-0.25, -0.2) is 0 Å². The summed E-state index contributed by atoms with van der Waals surface area (Å²) in [6.07, 6.45) is 3.69. The van der Waals surface area contributed by atoms with Gasteiger partial charge in [-0.2, -0.15) is 0 Å². The third-order valence-corrected chi connectivity index (χ3v) is 11.3. The molecule has 2 N–H and O–H groups in total. The molecule has 2 aromatic rings. The number of hydrogen-bond acceptors (Lipinski definition) is 8. The molecule has 1 unspecified atom stereocenters. The first-order chi connectivity index (χ1) is 25.6. The summed E-state index contributed by atoms with van der Waals surface area (Å²) in [5.41, 5.74) is 2.02. The van der Waals surface area contributed by atoms with Crippen LogP contribution in [0.1, 0.15) is 79.7 Å². The number of hydrogen-bond donors (Lipinski definition) is 2. The number of pyridine rings is 1. The molecular formula is C42H68N6O6. The predicted molar refractivity (Wildman–Crippen MR) is 214 cm³/mol. The lowest BCUT2D eigenvalue weighted by Crippen LogP contribution is -2.59. The molecule has 0 saturated carbocycles. The van der Waals surface area contributed by atoms with Crippen molar-refractivity contribution in [1.29, 1.82) is 0 Å². The number of carbonyl (C=O) groups excluding carboxylic acids is 4. The summed E-state index contributed by atoms with van der Waals surface area (Å²) >= 11 is 0. The summed E-state index contributed by atoms with van der Waals surface area (Å²) in [7, 11) is 8.66. The first-order valence-electron chi connectivity index (χ1n) is 19.8. The van der Waals surface area contributed by atoms with E-state index in [-0.39, 0.29) is 59.9 Å². The molecule has 302 valence electrons. The first kappa shape index (κ1) is 44.8. The number of rotatable bonds is 20. The normalized spacial score (nSPS) is 18.6. The molecule has 54 heavy (non-hydrogen) atoms. The number of methoxy groups -OCH3 is 2. The molecule has 1 aliphatic heterocycles. The van der Waals surface area contributed by atoms with Crippen molar-refractivity contribution in [1.82, 2.24) is 30.3 Å². The summed E-state index contributed by atoms with van der Waals surface area (Å²) in [6.45, 7) is 14.8. The highest BCUT2D eigenvalue weighted by atomic mass is 16.5. The van der Waals surface area contributed by atoms with Gasteiger partial charge in [0.05, 0.1) is 48.2 Å². The maximum absolute atomic E-state index is 14.2. The quantitative estimate of drug-likeness (QED) is 0.202. The molecule has 4 amide bonds. The van der Waals surface area contributed by atoms with E-state index in [1.54, 1.807) is 32.4 Å². The van der Waals surface area contributed by atoms with E-state index in [4.69, 9.17) is 9.47 Å². The van der Waals surface area contributed by atoms with Gasteiger partial charge in [0, 0.05) is 45.9 Å². The molecule has 1 saturated heterocycles. The number of likely N-dealkylation sites (tertiary alicyclic amines) is 1. The van der Waals surface area contributed by atoms with Gasteiger partial charge in [0.1, 0.15) is 6.04 Å². The van der Waals surface area contributed by atoms with Crippen LogP contribution in [0.5, 0.6) is 0 Å². The van der Waals surface area contributed by atoms with E-state index in [0.717, 1.165) is 35.7 Å². The zero-order valence-corrected chi connectivity index (χ0v) is 34.9. The Morgan fingerprint density at radius 2 is 1.67 bits per heavy atom. The Bertz CT molecular complexity index is 1530. The molecule has 12 nitrogen and oxygen atoms in total. The van der Waals surface area contributed by atoms with Crippen molar-refractivity contribution in [3.63, 3.8) is 0 Å². The molecule has 0 bridgehead atoms. The van der Waals surface area contributed by atoms with Crippen LogP contribution in [0.4, 0.5) is 0 Å². The molecule has 8 atom stereocenters. The largest absolute Gasteiger partial charge is 0.379 e. The second-order valence-corrected chi connectivity index (χ2v) is 16.0. The van der Waals surface area contributed by atoms with Crippen molar-refractivity contribution in [3.05, 3.63) is 42.1 Å². The molecule has 1 aromatic carbocycles. The predicted octanol–water partition coefficient (Wildman–Crippen LogP) is 4.54. The van der Waals surface area contributed by atoms with E-state index in [1.807, 2.05) is 82.8 Å². The van der Waals surface area contributed by atoms with Crippen molar-refractivity contribution >= 4 is 34.5 Å². The molecule has 3 rings (SSSR count). The Hall–Kier alpha value is -3.61. The molecule has 0 spiro atoms. The van der Waals surface area contributed by atoms with Crippen LogP contribution < -0.4 is 10.6 Å². The highest BCUT2D eigenvalue weighted by molar-refractivity contribution is 5.90. The van der Waals surface area contributed by atoms with Gasteiger partial charge in [0.2, 0.25) is 23.6 Å². The average molecular weight is 753 g/mol. The maximum Gasteiger partial charge on any atom is 0.245 e. The third-order valence-electron chi connectivity index (χ3n) is 11.3. The fourth-order valence-corrected chi connectivity index (χ4v) is 8.17. The summed E-state index contributed by atoms with van der Waals surface area (Å²) in [6, 6.07) is 8.26. The van der Waals surface area contributed by atoms with E-state index in [0.29, 0.717) is 19.5 Å². The van der Waals surface area contributed by atoms with E-state index in [9.17, 15) is 19.2 Å². The highest BCUT2D eigenvalue weighted by Gasteiger charge is 2.43. The van der Waals surface area contributed by atoms with Crippen molar-refractivity contribution in [3.8, 4) is 0 Å². The number of nitrogens with zero attached hydrogens (tertiary/aromatic N) is 4. The maximum atomic E-state index is 14.2. The summed E-state index contributed by atoms with van der Waals surface area (Å²) in [5.74, 6) is -1.22. The SMILES string of the molecule is CC[C@H](C)C([C@@H](CC(=O)N1CCC[C@H]1[C@H](OC)[C@@H](C)C(=O)NCCc1ccc2cccnc2c1)OC)N(C)C(=O)[C@@H](NC(=O)[C@H](C(C)C)N(C)C)C(C)C. The number of benzene rings is 1. The van der Waals surface area contributed by atoms with E-state index in [1.165, 1.54) is 0 Å². The van der Waals surface area contributed by atoms with Crippen molar-refractivity contribution in [2.75, 3.05) is 48.5 Å². The Labute approximate surface area is 324 Å². The van der Waals surface area contributed by atoms with Gasteiger partial charge in [-0.05, 0) is 68.8 Å². The van der Waals surface area contributed by atoms with Crippen LogP contribution >= 0.6 is 0 Å². The average Bonchev–Trinajstić information content (AvgIpc) is 3.62. The summed E-state index contributed by atoms with van der Waals surface area (Å²) in [4.78, 5) is 65.1. The van der Waals surface area contributed by atoms with Gasteiger partial charge >= 0.3 is 0 Å². The Morgan fingerprint density at radius 3 is 2.26 bits per heavy atom. The fraction of sp³-hybridized carbons (Fsp3) is 0.690. The van der Waals surface area contributed by atoms with Crippen LogP contribution in [0.2, 0.25) is 0 Å². The van der Waals surface area contributed by atoms with Crippen LogP contribution in [-0.2, 0) is 35.1 Å². The summed E-state index contributed by atoms with van der Waals surface area (Å²) < 4.78 is 12.0. The van der Waals surface area contributed by atoms with Crippen molar-refractivity contribution in [2.45, 2.75) is 117 Å². The number of likely N-dealkylation sites (N-methyl/N-ethyl adjacent to an activating group) is 2. The number of fused-ring (bicyclic) bond motifs is 1. The molecule has 12 heteroatoms. The van der Waals surface area contributed by atoms with Gasteiger partial charge in [-0.1, -0.05) is 73.1 Å². The monoisotopic (exact) mass is 753 g/mol. The summed E-state index contributed by atoms with van der Waals surface area (Å²) in [5, 5.41) is 7.20. The Kier molecular flexibility index (Phi) is 17.3. The third kappa shape index (κ3) is 11.2. The lowest BCUT2D eigenvalue weighted by Gasteiger charge is -2.41. The zero-order chi connectivity index (χ0) is 40.3. The molecule has 1 aromatic heterocycles. The number of amides is 4. The number of nitrogens with one attached hydrogen (secondary N) is 2. The van der Waals surface area contributed by atoms with Crippen molar-refractivity contribution < 1.29 is 28.7 Å². The highest BCUT2D eigenvalue weighted by Crippen LogP contribution is 2.30. The van der Waals surface area contributed by atoms with Gasteiger partial charge in [0.25, 0.3) is 0 Å². The lowest BCUT2D eigenvalue weighted by molar-refractivity contribution is -0.148. The van der Waals surface area contributed by atoms with Gasteiger partial charge in [-0.15, -0.1) is 0 Å². The molecular weight excluding hydrogens is 684 g/mol. The standard InChI is InChI=1S/C42H68N6O6/c1-13-28(6)38(47(10)42(52)36(26(2)3)45-41(51)37(27(4)5)46(8)9)34(53-11)25-35(49)48-23-15-17-33(48)39(54-12)29(7)40(50)44-22-20-30-18-19-31-16-14-21-43-32(31)24-30/h14,16,18-19,21,24,26-29,33-34,36-39H,13,15,17,20,22-23,25H2,1-12H3,(H,44,50)(H,45,51)/t28-,29+,33-,34+,36-,37-,38?,39+/m0/s1. The van der Waals surface area contributed by atoms with Crippen LogP contribution in [0.3, 0.4) is 0 Å². The van der Waals surface area contributed by atoms with Gasteiger partial charge < -0.3 is 29.9 Å². The van der Waals surface area contributed by atoms with E-state index < -0.39 is 30.2 Å². The minimum absolute atomic E-state index is 0.00101. The van der Waals surface area contributed by atoms with Gasteiger partial charge in [0.15, 0.2) is 0 Å². The molecule has 1 fully saturated rings. The zero-order valence-electron chi connectivity index (χ0n) is 34.9. The first-order valence-corrected chi connectivity index (χ1v) is 19.8. The van der Waals surface area contributed by atoms with Crippen LogP contribution in [-0.4, -0.2) is 128 Å². The van der Waals surface area contributed by atoms with Crippen LogP contribution in [0.15, 0.2) is 36.5 Å². The van der Waals surface area contributed by atoms with Gasteiger partial charge in [-0.3, -0.25) is 29.1 Å². The molecule has 0 aliphatic carbocycles. The second-order valence-electron chi connectivity index (χ2n) is 16.0. The lowest BCUT2D eigenvalue weighted by atomic mass is 9.89. The van der Waals surface area contributed by atoms with Crippen molar-refractivity contribution in [2.24, 2.45) is 23.7 Å². The van der Waals surface area contributed by atoms with E-state index in [2.05, 4.69) is 35.5 Å². The molecule has 2 heterocycles. The Balaban J connectivity index is 1.71. The minimum atomic E-state index is -0.744. The smallest absolute Gasteiger partial charge is 0.245 e.